The summed E-state index contributed by atoms with van der Waals surface area (Å²) >= 11 is 0. The third-order valence-electron chi connectivity index (χ3n) is 6.24. The number of aliphatic hydroxyl groups is 1. The molecule has 0 fully saturated rings. The Labute approximate surface area is 193 Å². The second kappa shape index (κ2) is 9.53. The molecule has 3 heterocycles. The number of pyridine rings is 1. The molecular formula is C25H27N5O3. The predicted octanol–water partition coefficient (Wildman–Crippen LogP) is 2.77. The number of aryl methyl sites for hydroxylation is 2. The summed E-state index contributed by atoms with van der Waals surface area (Å²) in [4.78, 5) is 18.3. The number of ether oxygens (including phenoxy) is 1. The number of fused-ring (bicyclic) bond motifs is 1. The standard InChI is InChI=1S/C25H27N5O3/c1-16-10-24(27-12-20(16)11-26)30-14-21(18(3)28-30)13-29(8-9-31)7-6-19-4-5-22-23(17(19)2)15-33-25(22)32/h4-5,10,12,14,31H,6-9,13,15H2,1-3H3. The number of hydrogen-bond acceptors (Lipinski definition) is 7. The first-order valence-electron chi connectivity index (χ1n) is 10.9. The highest BCUT2D eigenvalue weighted by Crippen LogP contribution is 2.26. The Morgan fingerprint density at radius 3 is 2.79 bits per heavy atom. The second-order valence-corrected chi connectivity index (χ2v) is 8.36. The molecule has 170 valence electrons. The SMILES string of the molecule is Cc1cc(-n2cc(CN(CCO)CCc3ccc4c(c3C)COC4=O)c(C)n2)ncc1C#N. The zero-order chi connectivity index (χ0) is 23.5. The van der Waals surface area contributed by atoms with Gasteiger partial charge in [0, 0.05) is 43.2 Å². The molecular weight excluding hydrogens is 418 g/mol. The van der Waals surface area contributed by atoms with E-state index in [0.29, 0.717) is 36.6 Å². The molecule has 1 aromatic carbocycles. The number of cyclic esters (lactones) is 1. The molecule has 0 unspecified atom stereocenters. The smallest absolute Gasteiger partial charge is 0.338 e. The lowest BCUT2D eigenvalue weighted by molar-refractivity contribution is 0.0535. The summed E-state index contributed by atoms with van der Waals surface area (Å²) in [5.41, 5.74) is 7.29. The number of carbonyl (C=O) groups excluding carboxylic acids is 1. The maximum Gasteiger partial charge on any atom is 0.338 e. The van der Waals surface area contributed by atoms with Gasteiger partial charge in [0.25, 0.3) is 0 Å². The van der Waals surface area contributed by atoms with Gasteiger partial charge in [-0.1, -0.05) is 6.07 Å². The zero-order valence-electron chi connectivity index (χ0n) is 19.1. The van der Waals surface area contributed by atoms with Crippen LogP contribution in [0.2, 0.25) is 0 Å². The normalized spacial score (nSPS) is 12.7. The Balaban J connectivity index is 1.48. The molecule has 0 bridgehead atoms. The first-order valence-corrected chi connectivity index (χ1v) is 10.9. The molecule has 0 saturated heterocycles. The summed E-state index contributed by atoms with van der Waals surface area (Å²) in [7, 11) is 0. The molecule has 1 aliphatic rings. The van der Waals surface area contributed by atoms with E-state index in [1.165, 1.54) is 5.56 Å². The van der Waals surface area contributed by atoms with Gasteiger partial charge in [-0.2, -0.15) is 10.4 Å². The van der Waals surface area contributed by atoms with E-state index < -0.39 is 0 Å². The summed E-state index contributed by atoms with van der Waals surface area (Å²) < 4.78 is 6.90. The molecule has 3 aromatic rings. The fourth-order valence-electron chi connectivity index (χ4n) is 4.15. The molecule has 33 heavy (non-hydrogen) atoms. The molecule has 0 aliphatic carbocycles. The van der Waals surface area contributed by atoms with Gasteiger partial charge in [0.15, 0.2) is 5.82 Å². The third kappa shape index (κ3) is 4.65. The molecule has 1 N–H and O–H groups in total. The van der Waals surface area contributed by atoms with E-state index in [9.17, 15) is 9.90 Å². The average molecular weight is 446 g/mol. The maximum atomic E-state index is 11.8. The first-order chi connectivity index (χ1) is 15.9. The van der Waals surface area contributed by atoms with Crippen molar-refractivity contribution in [1.82, 2.24) is 19.7 Å². The average Bonchev–Trinajstić information content (AvgIpc) is 3.36. The van der Waals surface area contributed by atoms with Crippen LogP contribution in [0.25, 0.3) is 5.82 Å². The van der Waals surface area contributed by atoms with Gasteiger partial charge in [0.2, 0.25) is 0 Å². The lowest BCUT2D eigenvalue weighted by Gasteiger charge is -2.21. The molecule has 0 atom stereocenters. The Morgan fingerprint density at radius 2 is 2.06 bits per heavy atom. The van der Waals surface area contributed by atoms with Crippen molar-refractivity contribution in [2.24, 2.45) is 0 Å². The minimum absolute atomic E-state index is 0.0646. The van der Waals surface area contributed by atoms with Crippen LogP contribution in [0.4, 0.5) is 0 Å². The van der Waals surface area contributed by atoms with Crippen LogP contribution in [-0.2, 0) is 24.3 Å². The van der Waals surface area contributed by atoms with Crippen LogP contribution in [0.3, 0.4) is 0 Å². The van der Waals surface area contributed by atoms with Crippen LogP contribution in [-0.4, -0.2) is 50.4 Å². The van der Waals surface area contributed by atoms with E-state index in [0.717, 1.165) is 40.9 Å². The van der Waals surface area contributed by atoms with Gasteiger partial charge in [-0.15, -0.1) is 0 Å². The van der Waals surface area contributed by atoms with Crippen molar-refractivity contribution >= 4 is 5.97 Å². The summed E-state index contributed by atoms with van der Waals surface area (Å²) in [5, 5.41) is 23.3. The number of aromatic nitrogens is 3. The fraction of sp³-hybridized carbons (Fsp3) is 0.360. The number of esters is 1. The molecule has 0 spiro atoms. The van der Waals surface area contributed by atoms with Gasteiger partial charge in [-0.25, -0.2) is 14.5 Å². The molecule has 8 heteroatoms. The van der Waals surface area contributed by atoms with E-state index in [4.69, 9.17) is 10.00 Å². The van der Waals surface area contributed by atoms with Crippen LogP contribution in [0.5, 0.6) is 0 Å². The molecule has 0 saturated carbocycles. The number of benzene rings is 1. The minimum Gasteiger partial charge on any atom is -0.457 e. The number of hydrogen-bond donors (Lipinski definition) is 1. The molecule has 0 radical (unpaired) electrons. The van der Waals surface area contributed by atoms with Crippen LogP contribution in [0, 0.1) is 32.1 Å². The van der Waals surface area contributed by atoms with Crippen LogP contribution in [0.1, 0.15) is 49.4 Å². The van der Waals surface area contributed by atoms with E-state index in [1.807, 2.05) is 45.2 Å². The van der Waals surface area contributed by atoms with Crippen LogP contribution in [0.15, 0.2) is 30.6 Å². The second-order valence-electron chi connectivity index (χ2n) is 8.36. The van der Waals surface area contributed by atoms with Crippen molar-refractivity contribution in [3.8, 4) is 11.9 Å². The summed E-state index contributed by atoms with van der Waals surface area (Å²) in [6.07, 6.45) is 4.32. The Hall–Kier alpha value is -3.54. The highest BCUT2D eigenvalue weighted by molar-refractivity contribution is 5.93. The van der Waals surface area contributed by atoms with Gasteiger partial charge in [-0.05, 0) is 56.0 Å². The topological polar surface area (TPSA) is 104 Å². The lowest BCUT2D eigenvalue weighted by atomic mass is 9.96. The summed E-state index contributed by atoms with van der Waals surface area (Å²) in [6, 6.07) is 7.84. The van der Waals surface area contributed by atoms with Crippen LogP contribution >= 0.6 is 0 Å². The van der Waals surface area contributed by atoms with Gasteiger partial charge in [-0.3, -0.25) is 4.90 Å². The van der Waals surface area contributed by atoms with E-state index >= 15 is 0 Å². The quantitative estimate of drug-likeness (QED) is 0.532. The first kappa shape index (κ1) is 22.6. The third-order valence-corrected chi connectivity index (χ3v) is 6.24. The number of nitrogens with zero attached hydrogens (tertiary/aromatic N) is 5. The highest BCUT2D eigenvalue weighted by atomic mass is 16.5. The Bertz CT molecular complexity index is 1240. The Kier molecular flexibility index (Phi) is 6.54. The van der Waals surface area contributed by atoms with Crippen molar-refractivity contribution in [3.63, 3.8) is 0 Å². The van der Waals surface area contributed by atoms with Gasteiger partial charge in [0.1, 0.15) is 12.7 Å². The van der Waals surface area contributed by atoms with Gasteiger partial charge >= 0.3 is 5.97 Å². The monoisotopic (exact) mass is 445 g/mol. The van der Waals surface area contributed by atoms with Crippen molar-refractivity contribution < 1.29 is 14.6 Å². The van der Waals surface area contributed by atoms with Gasteiger partial charge < -0.3 is 9.84 Å². The van der Waals surface area contributed by atoms with E-state index in [1.54, 1.807) is 10.9 Å². The number of aliphatic hydroxyl groups excluding tert-OH is 1. The predicted molar refractivity (Wildman–Crippen MR) is 122 cm³/mol. The van der Waals surface area contributed by atoms with Crippen molar-refractivity contribution in [2.75, 3.05) is 19.7 Å². The molecule has 4 rings (SSSR count). The van der Waals surface area contributed by atoms with Gasteiger partial charge in [0.05, 0.1) is 23.4 Å². The van der Waals surface area contributed by atoms with E-state index in [-0.39, 0.29) is 12.6 Å². The summed E-state index contributed by atoms with van der Waals surface area (Å²) in [6.45, 7) is 8.23. The van der Waals surface area contributed by atoms with E-state index in [2.05, 4.69) is 21.1 Å². The van der Waals surface area contributed by atoms with Crippen molar-refractivity contribution in [1.29, 1.82) is 5.26 Å². The molecule has 1 aliphatic heterocycles. The largest absolute Gasteiger partial charge is 0.457 e. The molecule has 2 aromatic heterocycles. The number of nitriles is 1. The zero-order valence-corrected chi connectivity index (χ0v) is 19.1. The Morgan fingerprint density at radius 1 is 1.24 bits per heavy atom. The fourth-order valence-corrected chi connectivity index (χ4v) is 4.15. The molecule has 0 amide bonds. The van der Waals surface area contributed by atoms with Crippen LogP contribution < -0.4 is 0 Å². The minimum atomic E-state index is -0.249. The molecule has 8 nitrogen and oxygen atoms in total. The van der Waals surface area contributed by atoms with Crippen molar-refractivity contribution in [3.05, 3.63) is 75.2 Å². The van der Waals surface area contributed by atoms with Crippen molar-refractivity contribution in [2.45, 2.75) is 40.3 Å². The maximum absolute atomic E-state index is 11.8. The number of carbonyl (C=O) groups is 1. The lowest BCUT2D eigenvalue weighted by Crippen LogP contribution is -2.29. The number of rotatable bonds is 8. The highest BCUT2D eigenvalue weighted by Gasteiger charge is 2.24. The summed E-state index contributed by atoms with van der Waals surface area (Å²) in [5.74, 6) is 0.418.